The smallest absolute Gasteiger partial charge is 0.111 e. The maximum atomic E-state index is 4.76. The summed E-state index contributed by atoms with van der Waals surface area (Å²) in [6, 6.07) is 17.0. The van der Waals surface area contributed by atoms with E-state index in [0.29, 0.717) is 6.04 Å². The van der Waals surface area contributed by atoms with E-state index in [1.165, 1.54) is 15.3 Å². The summed E-state index contributed by atoms with van der Waals surface area (Å²) in [4.78, 5) is 7.09. The van der Waals surface area contributed by atoms with Crippen LogP contribution in [0, 0.1) is 0 Å². The van der Waals surface area contributed by atoms with Gasteiger partial charge < -0.3 is 0 Å². The molecule has 0 aliphatic heterocycles. The van der Waals surface area contributed by atoms with Crippen LogP contribution in [0.4, 0.5) is 0 Å². The second-order valence-corrected chi connectivity index (χ2v) is 7.12. The summed E-state index contributed by atoms with van der Waals surface area (Å²) in [5.41, 5.74) is 2.40. The van der Waals surface area contributed by atoms with Crippen LogP contribution in [-0.4, -0.2) is 16.9 Å². The molecule has 1 aromatic heterocycles. The Morgan fingerprint density at radius 2 is 1.86 bits per heavy atom. The van der Waals surface area contributed by atoms with Crippen LogP contribution in [0.3, 0.4) is 0 Å². The van der Waals surface area contributed by atoms with Crippen LogP contribution in [-0.2, 0) is 6.54 Å². The molecule has 3 aromatic rings. The van der Waals surface area contributed by atoms with E-state index in [4.69, 9.17) is 4.98 Å². The molecule has 108 valence electrons. The summed E-state index contributed by atoms with van der Waals surface area (Å²) >= 11 is 5.40. The quantitative estimate of drug-likeness (QED) is 0.631. The lowest BCUT2D eigenvalue weighted by Gasteiger charge is -2.23. The van der Waals surface area contributed by atoms with Crippen molar-refractivity contribution in [2.75, 3.05) is 7.05 Å². The van der Waals surface area contributed by atoms with Crippen LogP contribution in [0.2, 0.25) is 0 Å². The zero-order valence-corrected chi connectivity index (χ0v) is 14.5. The summed E-state index contributed by atoms with van der Waals surface area (Å²) < 4.78 is 2.42. The van der Waals surface area contributed by atoms with Crippen LogP contribution < -0.4 is 0 Å². The van der Waals surface area contributed by atoms with E-state index in [9.17, 15) is 0 Å². The van der Waals surface area contributed by atoms with E-state index in [-0.39, 0.29) is 0 Å². The Balaban J connectivity index is 1.80. The van der Waals surface area contributed by atoms with Gasteiger partial charge in [-0.05, 0) is 37.7 Å². The Morgan fingerprint density at radius 3 is 2.62 bits per heavy atom. The van der Waals surface area contributed by atoms with E-state index in [0.717, 1.165) is 16.5 Å². The van der Waals surface area contributed by atoms with E-state index in [1.54, 1.807) is 11.3 Å². The van der Waals surface area contributed by atoms with Gasteiger partial charge in [0.15, 0.2) is 0 Å². The number of para-hydroxylation sites is 1. The first-order valence-corrected chi connectivity index (χ1v) is 8.55. The van der Waals surface area contributed by atoms with E-state index >= 15 is 0 Å². The number of benzene rings is 2. The Morgan fingerprint density at radius 1 is 1.14 bits per heavy atom. The molecule has 2 nitrogen and oxygen atoms in total. The highest BCUT2D eigenvalue weighted by Gasteiger charge is 2.17. The van der Waals surface area contributed by atoms with Crippen LogP contribution in [0.25, 0.3) is 10.2 Å². The van der Waals surface area contributed by atoms with Gasteiger partial charge in [-0.1, -0.05) is 46.3 Å². The molecule has 0 saturated heterocycles. The van der Waals surface area contributed by atoms with E-state index in [2.05, 4.69) is 71.2 Å². The fraction of sp³-hybridized carbons (Fsp3) is 0.235. The number of hydrogen-bond donors (Lipinski definition) is 0. The Labute approximate surface area is 137 Å². The maximum absolute atomic E-state index is 4.76. The number of halogens is 1. The minimum absolute atomic E-state index is 0.300. The Kier molecular flexibility index (Phi) is 4.38. The predicted molar refractivity (Wildman–Crippen MR) is 93.6 cm³/mol. The average molecular weight is 361 g/mol. The van der Waals surface area contributed by atoms with Gasteiger partial charge in [-0.15, -0.1) is 11.3 Å². The van der Waals surface area contributed by atoms with Gasteiger partial charge in [-0.3, -0.25) is 4.90 Å². The number of hydrogen-bond acceptors (Lipinski definition) is 3. The van der Waals surface area contributed by atoms with Crippen molar-refractivity contribution in [1.82, 2.24) is 9.88 Å². The van der Waals surface area contributed by atoms with Gasteiger partial charge in [0, 0.05) is 11.0 Å². The van der Waals surface area contributed by atoms with Gasteiger partial charge in [0.2, 0.25) is 0 Å². The molecule has 0 spiro atoms. The second-order valence-electron chi connectivity index (χ2n) is 5.20. The van der Waals surface area contributed by atoms with Crippen molar-refractivity contribution in [3.63, 3.8) is 0 Å². The van der Waals surface area contributed by atoms with E-state index < -0.39 is 0 Å². The molecule has 0 bridgehead atoms. The molecule has 0 aliphatic carbocycles. The largest absolute Gasteiger partial charge is 0.293 e. The molecule has 1 atom stereocenters. The summed E-state index contributed by atoms with van der Waals surface area (Å²) in [5, 5.41) is 1.17. The highest BCUT2D eigenvalue weighted by Crippen LogP contribution is 2.30. The molecule has 4 heteroatoms. The average Bonchev–Trinajstić information content (AvgIpc) is 2.92. The molecule has 0 unspecified atom stereocenters. The highest BCUT2D eigenvalue weighted by atomic mass is 79.9. The summed E-state index contributed by atoms with van der Waals surface area (Å²) in [6.07, 6.45) is 0. The fourth-order valence-electron chi connectivity index (χ4n) is 2.29. The van der Waals surface area contributed by atoms with Crippen molar-refractivity contribution in [1.29, 1.82) is 0 Å². The first-order valence-electron chi connectivity index (χ1n) is 6.94. The van der Waals surface area contributed by atoms with E-state index in [1.807, 2.05) is 12.1 Å². The fourth-order valence-corrected chi connectivity index (χ4v) is 3.78. The third kappa shape index (κ3) is 3.18. The number of aromatic nitrogens is 1. The number of rotatable bonds is 4. The van der Waals surface area contributed by atoms with Gasteiger partial charge in [0.05, 0.1) is 16.3 Å². The zero-order chi connectivity index (χ0) is 14.8. The number of nitrogens with zero attached hydrogens (tertiary/aromatic N) is 2. The molecule has 0 N–H and O–H groups in total. The molecule has 0 amide bonds. The molecule has 2 aromatic carbocycles. The summed E-state index contributed by atoms with van der Waals surface area (Å²) in [6.45, 7) is 3.12. The monoisotopic (exact) mass is 360 g/mol. The number of fused-ring (bicyclic) bond motifs is 1. The zero-order valence-electron chi connectivity index (χ0n) is 12.1. The molecule has 3 rings (SSSR count). The topological polar surface area (TPSA) is 16.1 Å². The van der Waals surface area contributed by atoms with Crippen molar-refractivity contribution in [2.45, 2.75) is 19.5 Å². The van der Waals surface area contributed by atoms with Gasteiger partial charge in [-0.25, -0.2) is 4.98 Å². The lowest BCUT2D eigenvalue weighted by molar-refractivity contribution is 0.252. The Hall–Kier alpha value is -1.23. The minimum atomic E-state index is 0.300. The first-order chi connectivity index (χ1) is 10.1. The molecular formula is C17H17BrN2S. The standard InChI is InChI=1S/C17H17BrN2S/c1-12(17-19-15-9-5-6-10-16(15)21-17)20(2)11-13-7-3-4-8-14(13)18/h3-10,12H,11H2,1-2H3/t12-/m0/s1. The normalized spacial score (nSPS) is 13.0. The van der Waals surface area contributed by atoms with Crippen molar-refractivity contribution in [3.05, 3.63) is 63.6 Å². The molecule has 0 saturated carbocycles. The van der Waals surface area contributed by atoms with Crippen molar-refractivity contribution in [2.24, 2.45) is 0 Å². The third-order valence-corrected chi connectivity index (χ3v) is 5.69. The van der Waals surface area contributed by atoms with Gasteiger partial charge >= 0.3 is 0 Å². The highest BCUT2D eigenvalue weighted by molar-refractivity contribution is 9.10. The number of thiazole rings is 1. The predicted octanol–water partition coefficient (Wildman–Crippen LogP) is 5.25. The molecule has 0 aliphatic rings. The Bertz CT molecular complexity index is 720. The molecule has 0 radical (unpaired) electrons. The molecule has 0 fully saturated rings. The lowest BCUT2D eigenvalue weighted by Crippen LogP contribution is -2.22. The van der Waals surface area contributed by atoms with Crippen molar-refractivity contribution < 1.29 is 0 Å². The van der Waals surface area contributed by atoms with Crippen molar-refractivity contribution in [3.8, 4) is 0 Å². The van der Waals surface area contributed by atoms with Crippen LogP contribution >= 0.6 is 27.3 Å². The van der Waals surface area contributed by atoms with Gasteiger partial charge in [0.1, 0.15) is 5.01 Å². The third-order valence-electron chi connectivity index (χ3n) is 3.71. The first kappa shape index (κ1) is 14.7. The summed E-state index contributed by atoms with van der Waals surface area (Å²) in [7, 11) is 2.15. The van der Waals surface area contributed by atoms with Crippen LogP contribution in [0.5, 0.6) is 0 Å². The summed E-state index contributed by atoms with van der Waals surface area (Å²) in [5.74, 6) is 0. The minimum Gasteiger partial charge on any atom is -0.293 e. The maximum Gasteiger partial charge on any atom is 0.111 e. The van der Waals surface area contributed by atoms with Crippen LogP contribution in [0.15, 0.2) is 53.0 Å². The second kappa shape index (κ2) is 6.26. The van der Waals surface area contributed by atoms with Gasteiger partial charge in [-0.2, -0.15) is 0 Å². The van der Waals surface area contributed by atoms with Gasteiger partial charge in [0.25, 0.3) is 0 Å². The molecule has 21 heavy (non-hydrogen) atoms. The van der Waals surface area contributed by atoms with Crippen LogP contribution in [0.1, 0.15) is 23.5 Å². The SMILES string of the molecule is C[C@@H](c1nc2ccccc2s1)N(C)Cc1ccccc1Br. The molecular weight excluding hydrogens is 344 g/mol. The lowest BCUT2D eigenvalue weighted by atomic mass is 10.2. The molecule has 1 heterocycles. The van der Waals surface area contributed by atoms with Crippen molar-refractivity contribution >= 4 is 37.5 Å².